The number of carbonyl (C=O) groups is 2. The highest BCUT2D eigenvalue weighted by Gasteiger charge is 2.19. The monoisotopic (exact) mass is 341 g/mol. The molecule has 7 nitrogen and oxygen atoms in total. The van der Waals surface area contributed by atoms with Crippen molar-refractivity contribution >= 4 is 21.8 Å². The fraction of sp³-hybridized carbons (Fsp3) is 0.467. The summed E-state index contributed by atoms with van der Waals surface area (Å²) in [5, 5.41) is 0. The Morgan fingerprint density at radius 1 is 1.17 bits per heavy atom. The minimum atomic E-state index is -3.62. The Morgan fingerprint density at radius 2 is 1.78 bits per heavy atom. The van der Waals surface area contributed by atoms with Gasteiger partial charge < -0.3 is 9.80 Å². The molecule has 0 radical (unpaired) electrons. The van der Waals surface area contributed by atoms with Crippen LogP contribution in [0.1, 0.15) is 24.2 Å². The summed E-state index contributed by atoms with van der Waals surface area (Å²) < 4.78 is 25.8. The van der Waals surface area contributed by atoms with Gasteiger partial charge in [-0.15, -0.1) is 0 Å². The van der Waals surface area contributed by atoms with Gasteiger partial charge in [-0.1, -0.05) is 6.07 Å². The molecule has 8 heteroatoms. The predicted octanol–water partition coefficient (Wildman–Crippen LogP) is 0.535. The molecule has 1 aromatic carbocycles. The predicted molar refractivity (Wildman–Crippen MR) is 87.6 cm³/mol. The summed E-state index contributed by atoms with van der Waals surface area (Å²) in [5.74, 6) is -0.552. The molecular formula is C15H23N3O4S. The maximum Gasteiger partial charge on any atom is 0.254 e. The van der Waals surface area contributed by atoms with E-state index in [0.29, 0.717) is 13.1 Å². The standard InChI is InChI=1S/C15H23N3O4S/c1-5-18(6-2)14(19)11-17(4)15(20)12-8-7-9-13(10-12)23(21,22)16-3/h7-10,16H,5-6,11H2,1-4H3. The second-order valence-corrected chi connectivity index (χ2v) is 6.85. The largest absolute Gasteiger partial charge is 0.342 e. The number of rotatable bonds is 7. The first-order chi connectivity index (χ1) is 10.8. The number of benzene rings is 1. The number of hydrogen-bond donors (Lipinski definition) is 1. The number of nitrogens with zero attached hydrogens (tertiary/aromatic N) is 2. The highest BCUT2D eigenvalue weighted by atomic mass is 32.2. The van der Waals surface area contributed by atoms with Crippen LogP contribution in [-0.2, 0) is 14.8 Å². The van der Waals surface area contributed by atoms with Gasteiger partial charge in [-0.3, -0.25) is 9.59 Å². The molecule has 1 aromatic rings. The van der Waals surface area contributed by atoms with Gasteiger partial charge in [0.1, 0.15) is 0 Å². The van der Waals surface area contributed by atoms with Crippen molar-refractivity contribution in [2.75, 3.05) is 33.7 Å². The number of carbonyl (C=O) groups excluding carboxylic acids is 2. The lowest BCUT2D eigenvalue weighted by atomic mass is 10.2. The van der Waals surface area contributed by atoms with Gasteiger partial charge in [0.15, 0.2) is 0 Å². The highest BCUT2D eigenvalue weighted by molar-refractivity contribution is 7.89. The van der Waals surface area contributed by atoms with Gasteiger partial charge in [0.25, 0.3) is 5.91 Å². The zero-order chi connectivity index (χ0) is 17.6. The topological polar surface area (TPSA) is 86.8 Å². The van der Waals surface area contributed by atoms with E-state index in [0.717, 1.165) is 0 Å². The van der Waals surface area contributed by atoms with Crippen LogP contribution >= 0.6 is 0 Å². The summed E-state index contributed by atoms with van der Waals surface area (Å²) in [4.78, 5) is 27.4. The maximum absolute atomic E-state index is 12.4. The third-order valence-corrected chi connectivity index (χ3v) is 4.91. The number of sulfonamides is 1. The van der Waals surface area contributed by atoms with Gasteiger partial charge in [0.2, 0.25) is 15.9 Å². The van der Waals surface area contributed by atoms with Gasteiger partial charge in [-0.05, 0) is 39.1 Å². The van der Waals surface area contributed by atoms with Crippen LogP contribution in [0.25, 0.3) is 0 Å². The lowest BCUT2D eigenvalue weighted by molar-refractivity contribution is -0.131. The Bertz CT molecular complexity index is 669. The summed E-state index contributed by atoms with van der Waals surface area (Å²) in [6.07, 6.45) is 0. The van der Waals surface area contributed by atoms with Crippen molar-refractivity contribution < 1.29 is 18.0 Å². The Kier molecular flexibility index (Phi) is 6.71. The van der Waals surface area contributed by atoms with Crippen LogP contribution < -0.4 is 4.72 Å². The van der Waals surface area contributed by atoms with E-state index >= 15 is 0 Å². The molecule has 1 N–H and O–H groups in total. The summed E-state index contributed by atoms with van der Waals surface area (Å²) in [6, 6.07) is 5.73. The molecule has 0 spiro atoms. The summed E-state index contributed by atoms with van der Waals surface area (Å²) in [6.45, 7) is 4.84. The molecule has 1 rings (SSSR count). The van der Waals surface area contributed by atoms with Gasteiger partial charge >= 0.3 is 0 Å². The molecule has 0 atom stereocenters. The average Bonchev–Trinajstić information content (AvgIpc) is 2.55. The lowest BCUT2D eigenvalue weighted by Gasteiger charge is -2.23. The van der Waals surface area contributed by atoms with Crippen molar-refractivity contribution in [2.24, 2.45) is 0 Å². The van der Waals surface area contributed by atoms with E-state index in [9.17, 15) is 18.0 Å². The zero-order valence-electron chi connectivity index (χ0n) is 13.9. The first-order valence-corrected chi connectivity index (χ1v) is 8.82. The molecule has 2 amide bonds. The fourth-order valence-corrected chi connectivity index (χ4v) is 2.86. The summed E-state index contributed by atoms with van der Waals surface area (Å²) >= 11 is 0. The molecule has 0 bridgehead atoms. The molecule has 23 heavy (non-hydrogen) atoms. The van der Waals surface area contributed by atoms with Crippen molar-refractivity contribution in [3.63, 3.8) is 0 Å². The number of hydrogen-bond acceptors (Lipinski definition) is 4. The van der Waals surface area contributed by atoms with Crippen molar-refractivity contribution in [3.8, 4) is 0 Å². The molecule has 0 aliphatic carbocycles. The number of nitrogens with one attached hydrogen (secondary N) is 1. The molecule has 0 unspecified atom stereocenters. The average molecular weight is 341 g/mol. The Balaban J connectivity index is 2.93. The van der Waals surface area contributed by atoms with Gasteiger partial charge in [0, 0.05) is 25.7 Å². The molecule has 0 saturated heterocycles. The van der Waals surface area contributed by atoms with Crippen LogP contribution in [0.4, 0.5) is 0 Å². The minimum absolute atomic E-state index is 0.00863. The Hall–Kier alpha value is -1.93. The first-order valence-electron chi connectivity index (χ1n) is 7.33. The van der Waals surface area contributed by atoms with Crippen LogP contribution in [0, 0.1) is 0 Å². The van der Waals surface area contributed by atoms with E-state index in [1.54, 1.807) is 4.90 Å². The maximum atomic E-state index is 12.4. The fourth-order valence-electron chi connectivity index (χ4n) is 2.09. The molecule has 0 aliphatic rings. The minimum Gasteiger partial charge on any atom is -0.342 e. The Morgan fingerprint density at radius 3 is 2.30 bits per heavy atom. The smallest absolute Gasteiger partial charge is 0.254 e. The van der Waals surface area contributed by atoms with Gasteiger partial charge in [0.05, 0.1) is 11.4 Å². The Labute approximate surface area is 137 Å². The van der Waals surface area contributed by atoms with Crippen LogP contribution in [-0.4, -0.2) is 63.8 Å². The van der Waals surface area contributed by atoms with E-state index < -0.39 is 15.9 Å². The second-order valence-electron chi connectivity index (χ2n) is 4.96. The first kappa shape index (κ1) is 19.1. The van der Waals surface area contributed by atoms with Crippen molar-refractivity contribution in [1.82, 2.24) is 14.5 Å². The van der Waals surface area contributed by atoms with E-state index in [4.69, 9.17) is 0 Å². The third-order valence-electron chi connectivity index (χ3n) is 3.50. The molecular weight excluding hydrogens is 318 g/mol. The normalized spacial score (nSPS) is 11.1. The molecule has 0 aliphatic heterocycles. The molecule has 0 aromatic heterocycles. The van der Waals surface area contributed by atoms with E-state index in [1.165, 1.54) is 43.3 Å². The van der Waals surface area contributed by atoms with Crippen LogP contribution in [0.5, 0.6) is 0 Å². The quantitative estimate of drug-likeness (QED) is 0.784. The second kappa shape index (κ2) is 8.07. The number of amides is 2. The SMILES string of the molecule is CCN(CC)C(=O)CN(C)C(=O)c1cccc(S(=O)(=O)NC)c1. The molecule has 0 heterocycles. The van der Waals surface area contributed by atoms with Gasteiger partial charge in [-0.25, -0.2) is 13.1 Å². The van der Waals surface area contributed by atoms with Crippen molar-refractivity contribution in [3.05, 3.63) is 29.8 Å². The van der Waals surface area contributed by atoms with Crippen molar-refractivity contribution in [2.45, 2.75) is 18.7 Å². The van der Waals surface area contributed by atoms with Crippen LogP contribution in [0.3, 0.4) is 0 Å². The highest BCUT2D eigenvalue weighted by Crippen LogP contribution is 2.12. The van der Waals surface area contributed by atoms with Gasteiger partial charge in [-0.2, -0.15) is 0 Å². The molecule has 0 saturated carbocycles. The zero-order valence-corrected chi connectivity index (χ0v) is 14.7. The summed E-state index contributed by atoms with van der Waals surface area (Å²) in [5.41, 5.74) is 0.219. The van der Waals surface area contributed by atoms with E-state index in [1.807, 2.05) is 13.8 Å². The third kappa shape index (κ3) is 4.77. The van der Waals surface area contributed by atoms with E-state index in [-0.39, 0.29) is 22.9 Å². The molecule has 128 valence electrons. The van der Waals surface area contributed by atoms with E-state index in [2.05, 4.69) is 4.72 Å². The van der Waals surface area contributed by atoms with Crippen LogP contribution in [0.15, 0.2) is 29.2 Å². The summed E-state index contributed by atoms with van der Waals surface area (Å²) in [7, 11) is -0.799. The number of likely N-dealkylation sites (N-methyl/N-ethyl adjacent to an activating group) is 2. The van der Waals surface area contributed by atoms with Crippen molar-refractivity contribution in [1.29, 1.82) is 0 Å². The lowest BCUT2D eigenvalue weighted by Crippen LogP contribution is -2.41. The molecule has 0 fully saturated rings. The van der Waals surface area contributed by atoms with Crippen LogP contribution in [0.2, 0.25) is 0 Å².